The highest BCUT2D eigenvalue weighted by Gasteiger charge is 2.23. The van der Waals surface area contributed by atoms with Crippen LogP contribution in [0.2, 0.25) is 0 Å². The molecule has 20 heavy (non-hydrogen) atoms. The van der Waals surface area contributed by atoms with E-state index in [1.165, 1.54) is 5.56 Å². The molecule has 2 atom stereocenters. The summed E-state index contributed by atoms with van der Waals surface area (Å²) >= 11 is 0. The number of benzene rings is 1. The van der Waals surface area contributed by atoms with Crippen molar-refractivity contribution in [1.82, 2.24) is 0 Å². The molecule has 0 spiro atoms. The molecular weight excluding hydrogens is 252 g/mol. The fourth-order valence-corrected chi connectivity index (χ4v) is 2.41. The zero-order chi connectivity index (χ0) is 14.2. The molecule has 1 aromatic rings. The molecule has 3 nitrogen and oxygen atoms in total. The lowest BCUT2D eigenvalue weighted by Gasteiger charge is -2.14. The average molecular weight is 276 g/mol. The van der Waals surface area contributed by atoms with E-state index in [9.17, 15) is 4.79 Å². The van der Waals surface area contributed by atoms with Crippen molar-refractivity contribution in [3.8, 4) is 0 Å². The summed E-state index contributed by atoms with van der Waals surface area (Å²) in [6, 6.07) is 10.6. The first-order valence-electron chi connectivity index (χ1n) is 7.61. The molecular formula is C17H24O3. The Morgan fingerprint density at radius 1 is 1.35 bits per heavy atom. The average Bonchev–Trinajstić information content (AvgIpc) is 3.30. The van der Waals surface area contributed by atoms with Gasteiger partial charge in [-0.25, -0.2) is 0 Å². The van der Waals surface area contributed by atoms with Crippen LogP contribution in [0, 0.1) is 0 Å². The van der Waals surface area contributed by atoms with Gasteiger partial charge in [0.2, 0.25) is 0 Å². The normalized spacial score (nSPS) is 18.6. The molecule has 1 aromatic carbocycles. The third-order valence-corrected chi connectivity index (χ3v) is 3.78. The molecule has 0 radical (unpaired) electrons. The van der Waals surface area contributed by atoms with Gasteiger partial charge in [-0.1, -0.05) is 43.7 Å². The van der Waals surface area contributed by atoms with Crippen LogP contribution in [0.4, 0.5) is 0 Å². The molecule has 0 aliphatic carbocycles. The van der Waals surface area contributed by atoms with Crippen molar-refractivity contribution in [3.63, 3.8) is 0 Å². The SMILES string of the molecule is CCC(CCCCC(=O)OCC1CO1)c1ccccc1. The Balaban J connectivity index is 1.60. The van der Waals surface area contributed by atoms with Gasteiger partial charge in [0, 0.05) is 6.42 Å². The third-order valence-electron chi connectivity index (χ3n) is 3.78. The van der Waals surface area contributed by atoms with Crippen LogP contribution in [0.1, 0.15) is 50.5 Å². The lowest BCUT2D eigenvalue weighted by Crippen LogP contribution is -2.09. The summed E-state index contributed by atoms with van der Waals surface area (Å²) in [5, 5.41) is 0. The van der Waals surface area contributed by atoms with E-state index in [0.717, 1.165) is 32.3 Å². The number of ether oxygens (including phenoxy) is 2. The molecule has 0 saturated carbocycles. The minimum atomic E-state index is -0.0896. The topological polar surface area (TPSA) is 38.8 Å². The first kappa shape index (κ1) is 15.0. The lowest BCUT2D eigenvalue weighted by molar-refractivity contribution is -0.144. The molecule has 0 bridgehead atoms. The van der Waals surface area contributed by atoms with Crippen LogP contribution in [0.5, 0.6) is 0 Å². The molecule has 2 rings (SSSR count). The van der Waals surface area contributed by atoms with Crippen LogP contribution in [-0.4, -0.2) is 25.3 Å². The number of rotatable bonds is 9. The van der Waals surface area contributed by atoms with Crippen molar-refractivity contribution in [2.24, 2.45) is 0 Å². The molecule has 1 heterocycles. The Labute approximate surface area is 121 Å². The highest BCUT2D eigenvalue weighted by atomic mass is 16.6. The van der Waals surface area contributed by atoms with Gasteiger partial charge in [-0.15, -0.1) is 0 Å². The van der Waals surface area contributed by atoms with E-state index in [4.69, 9.17) is 9.47 Å². The monoisotopic (exact) mass is 276 g/mol. The van der Waals surface area contributed by atoms with E-state index in [1.807, 2.05) is 0 Å². The van der Waals surface area contributed by atoms with Crippen LogP contribution >= 0.6 is 0 Å². The van der Waals surface area contributed by atoms with Crippen LogP contribution in [0.25, 0.3) is 0 Å². The minimum absolute atomic E-state index is 0.0896. The number of epoxide rings is 1. The molecule has 1 aliphatic heterocycles. The predicted molar refractivity (Wildman–Crippen MR) is 78.6 cm³/mol. The second-order valence-electron chi connectivity index (χ2n) is 5.40. The highest BCUT2D eigenvalue weighted by Crippen LogP contribution is 2.25. The summed E-state index contributed by atoms with van der Waals surface area (Å²) in [5.41, 5.74) is 1.41. The summed E-state index contributed by atoms with van der Waals surface area (Å²) in [5.74, 6) is 0.514. The van der Waals surface area contributed by atoms with Gasteiger partial charge >= 0.3 is 5.97 Å². The summed E-state index contributed by atoms with van der Waals surface area (Å²) in [4.78, 5) is 11.5. The van der Waals surface area contributed by atoms with Crippen molar-refractivity contribution in [3.05, 3.63) is 35.9 Å². The number of hydrogen-bond donors (Lipinski definition) is 0. The molecule has 1 fully saturated rings. The number of unbranched alkanes of at least 4 members (excludes halogenated alkanes) is 1. The van der Waals surface area contributed by atoms with Crippen molar-refractivity contribution in [1.29, 1.82) is 0 Å². The molecule has 0 N–H and O–H groups in total. The van der Waals surface area contributed by atoms with E-state index < -0.39 is 0 Å². The largest absolute Gasteiger partial charge is 0.463 e. The summed E-state index contributed by atoms with van der Waals surface area (Å²) in [7, 11) is 0. The van der Waals surface area contributed by atoms with Gasteiger partial charge in [0.1, 0.15) is 12.7 Å². The maximum Gasteiger partial charge on any atom is 0.305 e. The third kappa shape index (κ3) is 5.33. The van der Waals surface area contributed by atoms with Crippen LogP contribution < -0.4 is 0 Å². The zero-order valence-corrected chi connectivity index (χ0v) is 12.2. The molecule has 1 saturated heterocycles. The standard InChI is InChI=1S/C17H24O3/c1-2-14(15-9-4-3-5-10-15)8-6-7-11-17(18)20-13-16-12-19-16/h3-5,9-10,14,16H,2,6-8,11-13H2,1H3. The smallest absolute Gasteiger partial charge is 0.305 e. The fraction of sp³-hybridized carbons (Fsp3) is 0.588. The lowest BCUT2D eigenvalue weighted by atomic mass is 9.91. The summed E-state index contributed by atoms with van der Waals surface area (Å²) < 4.78 is 10.1. The Morgan fingerprint density at radius 2 is 2.10 bits per heavy atom. The van der Waals surface area contributed by atoms with Gasteiger partial charge in [-0.2, -0.15) is 0 Å². The van der Waals surface area contributed by atoms with Gasteiger partial charge in [-0.3, -0.25) is 4.79 Å². The minimum Gasteiger partial charge on any atom is -0.463 e. The number of carbonyl (C=O) groups excluding carboxylic acids is 1. The maximum atomic E-state index is 11.5. The molecule has 0 aromatic heterocycles. The first-order chi connectivity index (χ1) is 9.79. The molecule has 3 heteroatoms. The molecule has 0 amide bonds. The molecule has 1 aliphatic rings. The highest BCUT2D eigenvalue weighted by molar-refractivity contribution is 5.69. The van der Waals surface area contributed by atoms with Crippen molar-refractivity contribution < 1.29 is 14.3 Å². The Morgan fingerprint density at radius 3 is 2.75 bits per heavy atom. The van der Waals surface area contributed by atoms with E-state index in [-0.39, 0.29) is 12.1 Å². The van der Waals surface area contributed by atoms with E-state index in [1.54, 1.807) is 0 Å². The summed E-state index contributed by atoms with van der Waals surface area (Å²) in [6.07, 6.45) is 4.96. The number of carbonyl (C=O) groups is 1. The zero-order valence-electron chi connectivity index (χ0n) is 12.2. The first-order valence-corrected chi connectivity index (χ1v) is 7.61. The van der Waals surface area contributed by atoms with E-state index in [2.05, 4.69) is 37.3 Å². The van der Waals surface area contributed by atoms with Crippen LogP contribution in [0.3, 0.4) is 0 Å². The van der Waals surface area contributed by atoms with Crippen LogP contribution in [-0.2, 0) is 14.3 Å². The van der Waals surface area contributed by atoms with E-state index in [0.29, 0.717) is 18.9 Å². The predicted octanol–water partition coefficient (Wildman–Crippen LogP) is 3.68. The van der Waals surface area contributed by atoms with Gasteiger partial charge in [0.05, 0.1) is 6.61 Å². The quantitative estimate of drug-likeness (QED) is 0.392. The van der Waals surface area contributed by atoms with Gasteiger partial charge in [-0.05, 0) is 30.7 Å². The maximum absolute atomic E-state index is 11.5. The molecule has 2 unspecified atom stereocenters. The second kappa shape index (κ2) is 8.05. The number of hydrogen-bond acceptors (Lipinski definition) is 3. The Kier molecular flexibility index (Phi) is 6.06. The second-order valence-corrected chi connectivity index (χ2v) is 5.40. The number of esters is 1. The molecule has 110 valence electrons. The van der Waals surface area contributed by atoms with Gasteiger partial charge in [0.25, 0.3) is 0 Å². The Hall–Kier alpha value is -1.35. The van der Waals surface area contributed by atoms with Gasteiger partial charge in [0.15, 0.2) is 0 Å². The van der Waals surface area contributed by atoms with Gasteiger partial charge < -0.3 is 9.47 Å². The van der Waals surface area contributed by atoms with Crippen molar-refractivity contribution >= 4 is 5.97 Å². The Bertz CT molecular complexity index is 398. The van der Waals surface area contributed by atoms with Crippen molar-refractivity contribution in [2.75, 3.05) is 13.2 Å². The fourth-order valence-electron chi connectivity index (χ4n) is 2.41. The van der Waals surface area contributed by atoms with E-state index >= 15 is 0 Å². The van der Waals surface area contributed by atoms with Crippen LogP contribution in [0.15, 0.2) is 30.3 Å². The van der Waals surface area contributed by atoms with Crippen molar-refractivity contribution in [2.45, 2.75) is 51.0 Å². The summed E-state index contributed by atoms with van der Waals surface area (Å²) in [6.45, 7) is 3.39.